The van der Waals surface area contributed by atoms with Gasteiger partial charge >= 0.3 is 0 Å². The van der Waals surface area contributed by atoms with Gasteiger partial charge in [0.1, 0.15) is 24.4 Å². The largest absolute Gasteiger partial charge is 0.394 e. The highest BCUT2D eigenvalue weighted by Crippen LogP contribution is 2.22. The Bertz CT molecular complexity index is 1060. The van der Waals surface area contributed by atoms with E-state index in [4.69, 9.17) is 9.47 Å². The lowest BCUT2D eigenvalue weighted by Crippen LogP contribution is -2.60. The maximum Gasteiger partial charge on any atom is 0.220 e. The third-order valence-corrected chi connectivity index (χ3v) is 8.45. The molecular formula is C42H69NO8. The fourth-order valence-corrected chi connectivity index (χ4v) is 5.32. The summed E-state index contributed by atoms with van der Waals surface area (Å²) in [5.74, 6) is -0.251. The van der Waals surface area contributed by atoms with Crippen LogP contribution in [0.5, 0.6) is 0 Å². The van der Waals surface area contributed by atoms with Crippen LogP contribution < -0.4 is 5.32 Å². The van der Waals surface area contributed by atoms with E-state index in [9.17, 15) is 30.3 Å². The van der Waals surface area contributed by atoms with Gasteiger partial charge in [-0.1, -0.05) is 125 Å². The molecule has 9 heteroatoms. The van der Waals surface area contributed by atoms with Gasteiger partial charge in [-0.25, -0.2) is 0 Å². The van der Waals surface area contributed by atoms with Crippen LogP contribution in [0.1, 0.15) is 117 Å². The molecule has 9 nitrogen and oxygen atoms in total. The minimum Gasteiger partial charge on any atom is -0.394 e. The molecule has 0 aromatic rings. The van der Waals surface area contributed by atoms with Crippen molar-refractivity contribution in [2.24, 2.45) is 0 Å². The average molecular weight is 716 g/mol. The summed E-state index contributed by atoms with van der Waals surface area (Å²) in [5, 5.41) is 53.8. The summed E-state index contributed by atoms with van der Waals surface area (Å²) >= 11 is 0. The van der Waals surface area contributed by atoms with Crippen LogP contribution in [0.15, 0.2) is 85.1 Å². The minimum atomic E-state index is -1.58. The molecule has 0 radical (unpaired) electrons. The quantitative estimate of drug-likeness (QED) is 0.0365. The molecule has 1 aliphatic rings. The van der Waals surface area contributed by atoms with Gasteiger partial charge in [-0.15, -0.1) is 0 Å². The van der Waals surface area contributed by atoms with Crippen molar-refractivity contribution in [1.29, 1.82) is 0 Å². The Labute approximate surface area is 308 Å². The molecule has 7 atom stereocenters. The van der Waals surface area contributed by atoms with Crippen LogP contribution in [0.25, 0.3) is 0 Å². The smallest absolute Gasteiger partial charge is 0.220 e. The van der Waals surface area contributed by atoms with Crippen molar-refractivity contribution < 1.29 is 39.8 Å². The first-order valence-corrected chi connectivity index (χ1v) is 19.3. The molecule has 0 aromatic carbocycles. The van der Waals surface area contributed by atoms with Gasteiger partial charge in [-0.05, 0) is 70.6 Å². The maximum atomic E-state index is 12.8. The lowest BCUT2D eigenvalue weighted by Gasteiger charge is -2.40. The van der Waals surface area contributed by atoms with E-state index in [1.165, 1.54) is 32.1 Å². The van der Waals surface area contributed by atoms with Crippen LogP contribution >= 0.6 is 0 Å². The van der Waals surface area contributed by atoms with Gasteiger partial charge < -0.3 is 40.3 Å². The van der Waals surface area contributed by atoms with Gasteiger partial charge in [-0.2, -0.15) is 0 Å². The number of ether oxygens (including phenoxy) is 2. The minimum absolute atomic E-state index is 0.230. The van der Waals surface area contributed by atoms with E-state index in [1.54, 1.807) is 6.08 Å². The number of unbranched alkanes of at least 4 members (excludes halogenated alkanes) is 7. The van der Waals surface area contributed by atoms with Crippen molar-refractivity contribution in [3.63, 3.8) is 0 Å². The molecule has 7 unspecified atom stereocenters. The molecule has 1 amide bonds. The van der Waals surface area contributed by atoms with E-state index in [-0.39, 0.29) is 18.9 Å². The van der Waals surface area contributed by atoms with Crippen molar-refractivity contribution >= 4 is 5.91 Å². The number of hydrogen-bond acceptors (Lipinski definition) is 8. The third kappa shape index (κ3) is 23.5. The standard InChI is InChI=1S/C42H69NO8/c1-3-5-7-9-11-13-15-16-17-18-19-20-22-24-26-28-30-32-38(46)43-35(34-50-42-41(49)40(48)39(47)37(33-44)51-42)36(45)31-29-27-25-23-21-14-12-10-8-6-4-2/h5,7,11,13,16-17,19-21,23-24,26,29,31,35-37,39-42,44-45,47-49H,3-4,6,8-10,12,14-15,18,22,25,27-28,30,32-34H2,1-2H3,(H,43,46)/b7-5-,13-11-,17-16-,20-19-,23-21+,26-24-,31-29+. The van der Waals surface area contributed by atoms with Gasteiger partial charge in [0.2, 0.25) is 5.91 Å². The van der Waals surface area contributed by atoms with Crippen molar-refractivity contribution in [2.45, 2.75) is 159 Å². The summed E-state index contributed by atoms with van der Waals surface area (Å²) in [6.07, 6.45) is 36.3. The first kappa shape index (κ1) is 46.4. The zero-order valence-electron chi connectivity index (χ0n) is 31.3. The van der Waals surface area contributed by atoms with E-state index < -0.39 is 49.5 Å². The van der Waals surface area contributed by atoms with Crippen molar-refractivity contribution in [1.82, 2.24) is 5.32 Å². The molecule has 0 bridgehead atoms. The summed E-state index contributed by atoms with van der Waals surface area (Å²) in [6, 6.07) is -0.853. The summed E-state index contributed by atoms with van der Waals surface area (Å²) < 4.78 is 11.1. The second kappa shape index (κ2) is 32.1. The molecule has 51 heavy (non-hydrogen) atoms. The molecule has 1 heterocycles. The SMILES string of the molecule is CC/C=C\C/C=C\C/C=C\C/C=C\C/C=C\CCCC(=O)NC(COC1OC(CO)C(O)C(O)C1O)C(O)/C=C/CC/C=C/CCCCCCC. The van der Waals surface area contributed by atoms with Crippen LogP contribution in [-0.2, 0) is 14.3 Å². The number of carbonyl (C=O) groups excluding carboxylic acids is 1. The van der Waals surface area contributed by atoms with Crippen LogP contribution in [0.4, 0.5) is 0 Å². The number of aliphatic hydroxyl groups is 5. The normalized spacial score (nSPS) is 23.0. The molecule has 1 rings (SSSR count). The van der Waals surface area contributed by atoms with Gasteiger partial charge in [0, 0.05) is 6.42 Å². The van der Waals surface area contributed by atoms with Gasteiger partial charge in [-0.3, -0.25) is 4.79 Å². The fraction of sp³-hybridized carbons (Fsp3) is 0.643. The highest BCUT2D eigenvalue weighted by atomic mass is 16.7. The predicted octanol–water partition coefficient (Wildman–Crippen LogP) is 6.82. The molecule has 1 fully saturated rings. The molecule has 0 spiro atoms. The second-order valence-corrected chi connectivity index (χ2v) is 13.0. The van der Waals surface area contributed by atoms with E-state index in [0.717, 1.165) is 57.8 Å². The zero-order valence-corrected chi connectivity index (χ0v) is 31.3. The molecule has 0 saturated carbocycles. The summed E-state index contributed by atoms with van der Waals surface area (Å²) in [4.78, 5) is 12.8. The maximum absolute atomic E-state index is 12.8. The van der Waals surface area contributed by atoms with Crippen LogP contribution in [-0.4, -0.2) is 87.5 Å². The van der Waals surface area contributed by atoms with E-state index in [1.807, 2.05) is 6.08 Å². The van der Waals surface area contributed by atoms with Crippen LogP contribution in [0, 0.1) is 0 Å². The third-order valence-electron chi connectivity index (χ3n) is 8.45. The number of amides is 1. The Morgan fingerprint density at radius 1 is 0.686 bits per heavy atom. The average Bonchev–Trinajstić information content (AvgIpc) is 3.13. The van der Waals surface area contributed by atoms with Gasteiger partial charge in [0.05, 0.1) is 25.4 Å². The molecule has 0 aliphatic carbocycles. The molecule has 290 valence electrons. The van der Waals surface area contributed by atoms with E-state index in [2.05, 4.69) is 92.1 Å². The summed E-state index contributed by atoms with van der Waals surface area (Å²) in [7, 11) is 0. The highest BCUT2D eigenvalue weighted by Gasteiger charge is 2.44. The number of allylic oxidation sites excluding steroid dienone is 13. The second-order valence-electron chi connectivity index (χ2n) is 13.0. The molecule has 1 aliphatic heterocycles. The van der Waals surface area contributed by atoms with Crippen molar-refractivity contribution in [3.05, 3.63) is 85.1 Å². The number of carbonyl (C=O) groups is 1. The predicted molar refractivity (Wildman–Crippen MR) is 207 cm³/mol. The van der Waals surface area contributed by atoms with Gasteiger partial charge in [0.25, 0.3) is 0 Å². The lowest BCUT2D eigenvalue weighted by atomic mass is 9.99. The summed E-state index contributed by atoms with van der Waals surface area (Å²) in [5.41, 5.74) is 0. The number of hydrogen-bond donors (Lipinski definition) is 6. The van der Waals surface area contributed by atoms with Crippen LogP contribution in [0.2, 0.25) is 0 Å². The number of nitrogens with one attached hydrogen (secondary N) is 1. The van der Waals surface area contributed by atoms with E-state index >= 15 is 0 Å². The number of aliphatic hydroxyl groups excluding tert-OH is 5. The highest BCUT2D eigenvalue weighted by molar-refractivity contribution is 5.76. The Hall–Kier alpha value is -2.63. The molecule has 6 N–H and O–H groups in total. The van der Waals surface area contributed by atoms with E-state index in [0.29, 0.717) is 6.42 Å². The zero-order chi connectivity index (χ0) is 37.4. The molecular weight excluding hydrogens is 646 g/mol. The Morgan fingerprint density at radius 2 is 1.24 bits per heavy atom. The van der Waals surface area contributed by atoms with Crippen molar-refractivity contribution in [2.75, 3.05) is 13.2 Å². The number of rotatable bonds is 29. The molecule has 0 aromatic heterocycles. The van der Waals surface area contributed by atoms with Crippen LogP contribution in [0.3, 0.4) is 0 Å². The first-order chi connectivity index (χ1) is 24.8. The van der Waals surface area contributed by atoms with Gasteiger partial charge in [0.15, 0.2) is 6.29 Å². The Balaban J connectivity index is 2.52. The Morgan fingerprint density at radius 3 is 1.86 bits per heavy atom. The monoisotopic (exact) mass is 716 g/mol. The van der Waals surface area contributed by atoms with Crippen molar-refractivity contribution in [3.8, 4) is 0 Å². The topological polar surface area (TPSA) is 149 Å². The fourth-order valence-electron chi connectivity index (χ4n) is 5.32. The summed E-state index contributed by atoms with van der Waals surface area (Å²) in [6.45, 7) is 3.53. The Kier molecular flexibility index (Phi) is 29.2. The molecule has 1 saturated heterocycles. The first-order valence-electron chi connectivity index (χ1n) is 19.3. The lowest BCUT2D eigenvalue weighted by molar-refractivity contribution is -0.302.